The lowest BCUT2D eigenvalue weighted by atomic mass is 10.2. The zero-order chi connectivity index (χ0) is 18.0. The van der Waals surface area contributed by atoms with Crippen molar-refractivity contribution in [1.29, 1.82) is 0 Å². The van der Waals surface area contributed by atoms with Gasteiger partial charge >= 0.3 is 0 Å². The van der Waals surface area contributed by atoms with Crippen LogP contribution in [-0.4, -0.2) is 16.6 Å². The van der Waals surface area contributed by atoms with Crippen LogP contribution in [0.25, 0.3) is 10.2 Å². The van der Waals surface area contributed by atoms with Gasteiger partial charge in [0.05, 0.1) is 20.8 Å². The first-order valence-corrected chi connectivity index (χ1v) is 8.93. The quantitative estimate of drug-likeness (QED) is 0.444. The number of carbonyl (C=O) groups excluding carboxylic acids is 1. The van der Waals surface area contributed by atoms with E-state index in [1.54, 1.807) is 24.3 Å². The van der Waals surface area contributed by atoms with Crippen molar-refractivity contribution in [2.24, 2.45) is 5.10 Å². The first kappa shape index (κ1) is 17.7. The molecule has 0 aliphatic carbocycles. The smallest absolute Gasteiger partial charge is 0.257 e. The minimum Gasteiger partial charge on any atom is -0.322 e. The average molecular weight is 393 g/mol. The number of hydrogen-bond acceptors (Lipinski definition) is 5. The van der Waals surface area contributed by atoms with E-state index in [0.29, 0.717) is 26.4 Å². The monoisotopic (exact) mass is 392 g/mol. The Labute approximate surface area is 158 Å². The molecule has 0 aliphatic heterocycles. The van der Waals surface area contributed by atoms with Crippen LogP contribution in [0.15, 0.2) is 41.5 Å². The topological polar surface area (TPSA) is 66.4 Å². The van der Waals surface area contributed by atoms with Gasteiger partial charge < -0.3 is 5.32 Å². The summed E-state index contributed by atoms with van der Waals surface area (Å²) in [5, 5.41) is 8.46. The fraction of sp³-hybridized carbons (Fsp3) is 0.118. The van der Waals surface area contributed by atoms with E-state index in [1.165, 1.54) is 11.3 Å². The summed E-state index contributed by atoms with van der Waals surface area (Å²) in [6.07, 6.45) is 0. The van der Waals surface area contributed by atoms with Gasteiger partial charge in [-0.05, 0) is 50.2 Å². The highest BCUT2D eigenvalue weighted by molar-refractivity contribution is 7.22. The first-order valence-electron chi connectivity index (χ1n) is 7.36. The van der Waals surface area contributed by atoms with Gasteiger partial charge in [-0.15, -0.1) is 0 Å². The molecule has 0 atom stereocenters. The Balaban J connectivity index is 1.81. The molecule has 0 unspecified atom stereocenters. The first-order chi connectivity index (χ1) is 11.9. The fourth-order valence-corrected chi connectivity index (χ4v) is 3.42. The third-order valence-electron chi connectivity index (χ3n) is 3.20. The number of anilines is 2. The van der Waals surface area contributed by atoms with Crippen molar-refractivity contribution in [3.63, 3.8) is 0 Å². The molecule has 1 heterocycles. The number of carbonyl (C=O) groups is 1. The van der Waals surface area contributed by atoms with Crippen molar-refractivity contribution in [1.82, 2.24) is 4.98 Å². The fourth-order valence-electron chi connectivity index (χ4n) is 2.08. The third kappa shape index (κ3) is 4.28. The van der Waals surface area contributed by atoms with Crippen molar-refractivity contribution >= 4 is 67.2 Å². The van der Waals surface area contributed by atoms with Crippen molar-refractivity contribution in [2.75, 3.05) is 10.7 Å². The Kier molecular flexibility index (Phi) is 5.22. The molecule has 2 aromatic carbocycles. The predicted octanol–water partition coefficient (Wildman–Crippen LogP) is 5.66. The average Bonchev–Trinajstić information content (AvgIpc) is 2.95. The van der Waals surface area contributed by atoms with Gasteiger partial charge in [0.2, 0.25) is 5.13 Å². The van der Waals surface area contributed by atoms with Crippen LogP contribution < -0.4 is 10.7 Å². The van der Waals surface area contributed by atoms with E-state index in [9.17, 15) is 4.79 Å². The highest BCUT2D eigenvalue weighted by Crippen LogP contribution is 2.29. The van der Waals surface area contributed by atoms with Crippen LogP contribution in [0.4, 0.5) is 10.8 Å². The standard InChI is InChI=1S/C17H14Cl2N4OS/c1-9(2)22-23-17-21-14-6-4-11(8-15(14)25-17)20-16(24)12-5-3-10(18)7-13(12)19/h3-8H,1-2H3,(H,20,24)(H,21,23). The van der Waals surface area contributed by atoms with E-state index in [2.05, 4.69) is 20.8 Å². The van der Waals surface area contributed by atoms with Gasteiger partial charge in [-0.25, -0.2) is 4.98 Å². The van der Waals surface area contributed by atoms with E-state index in [4.69, 9.17) is 23.2 Å². The van der Waals surface area contributed by atoms with Crippen LogP contribution in [0.5, 0.6) is 0 Å². The van der Waals surface area contributed by atoms with Crippen molar-refractivity contribution in [3.05, 3.63) is 52.0 Å². The van der Waals surface area contributed by atoms with Gasteiger partial charge in [-0.2, -0.15) is 5.10 Å². The second kappa shape index (κ2) is 7.39. The molecule has 0 bridgehead atoms. The molecule has 0 saturated carbocycles. The van der Waals surface area contributed by atoms with Crippen LogP contribution in [0.1, 0.15) is 24.2 Å². The summed E-state index contributed by atoms with van der Waals surface area (Å²) in [6, 6.07) is 10.3. The molecule has 1 amide bonds. The summed E-state index contributed by atoms with van der Waals surface area (Å²) in [5.74, 6) is -0.296. The number of nitrogens with zero attached hydrogens (tertiary/aromatic N) is 2. The summed E-state index contributed by atoms with van der Waals surface area (Å²) >= 11 is 13.4. The van der Waals surface area contributed by atoms with Crippen molar-refractivity contribution in [3.8, 4) is 0 Å². The van der Waals surface area contributed by atoms with Gasteiger partial charge in [0.25, 0.3) is 5.91 Å². The van der Waals surface area contributed by atoms with Crippen molar-refractivity contribution < 1.29 is 4.79 Å². The number of rotatable bonds is 4. The van der Waals surface area contributed by atoms with E-state index >= 15 is 0 Å². The predicted molar refractivity (Wildman–Crippen MR) is 106 cm³/mol. The van der Waals surface area contributed by atoms with Crippen molar-refractivity contribution in [2.45, 2.75) is 13.8 Å². The molecule has 0 fully saturated rings. The Morgan fingerprint density at radius 1 is 1.16 bits per heavy atom. The summed E-state index contributed by atoms with van der Waals surface area (Å²) in [6.45, 7) is 3.80. The van der Waals surface area contributed by atoms with Gasteiger partial charge in [-0.3, -0.25) is 10.2 Å². The number of benzene rings is 2. The lowest BCUT2D eigenvalue weighted by Crippen LogP contribution is -2.12. The molecular weight excluding hydrogens is 379 g/mol. The normalized spacial score (nSPS) is 10.6. The maximum Gasteiger partial charge on any atom is 0.257 e. The number of aromatic nitrogens is 1. The number of thiazole rings is 1. The molecule has 2 N–H and O–H groups in total. The molecule has 3 rings (SSSR count). The summed E-state index contributed by atoms with van der Waals surface area (Å²) in [4.78, 5) is 16.8. The SMILES string of the molecule is CC(C)=NNc1nc2ccc(NC(=O)c3ccc(Cl)cc3Cl)cc2s1. The Hall–Kier alpha value is -2.15. The molecule has 0 radical (unpaired) electrons. The van der Waals surface area contributed by atoms with Crippen LogP contribution in [0, 0.1) is 0 Å². The van der Waals surface area contributed by atoms with Gasteiger partial charge in [0.1, 0.15) is 0 Å². The Bertz CT molecular complexity index is 980. The molecular formula is C17H14Cl2N4OS. The largest absolute Gasteiger partial charge is 0.322 e. The molecule has 3 aromatic rings. The molecule has 25 heavy (non-hydrogen) atoms. The number of halogens is 2. The Morgan fingerprint density at radius 3 is 2.68 bits per heavy atom. The van der Waals surface area contributed by atoms with E-state index < -0.39 is 0 Å². The molecule has 0 aliphatic rings. The molecule has 0 saturated heterocycles. The maximum atomic E-state index is 12.4. The number of hydrogen-bond donors (Lipinski definition) is 2. The summed E-state index contributed by atoms with van der Waals surface area (Å²) in [7, 11) is 0. The molecule has 5 nitrogen and oxygen atoms in total. The lowest BCUT2D eigenvalue weighted by Gasteiger charge is -2.07. The second-order valence-electron chi connectivity index (χ2n) is 5.45. The maximum absolute atomic E-state index is 12.4. The van der Waals surface area contributed by atoms with Gasteiger partial charge in [-0.1, -0.05) is 34.5 Å². The molecule has 1 aromatic heterocycles. The molecule has 0 spiro atoms. The zero-order valence-electron chi connectivity index (χ0n) is 13.4. The molecule has 128 valence electrons. The van der Waals surface area contributed by atoms with Crippen LogP contribution >= 0.6 is 34.5 Å². The summed E-state index contributed by atoms with van der Waals surface area (Å²) in [5.41, 5.74) is 5.68. The minimum atomic E-state index is -0.296. The number of nitrogens with one attached hydrogen (secondary N) is 2. The minimum absolute atomic E-state index is 0.296. The zero-order valence-corrected chi connectivity index (χ0v) is 15.8. The summed E-state index contributed by atoms with van der Waals surface area (Å²) < 4.78 is 0.937. The van der Waals surface area contributed by atoms with Crippen LogP contribution in [0.2, 0.25) is 10.0 Å². The Morgan fingerprint density at radius 2 is 1.96 bits per heavy atom. The number of hydrazone groups is 1. The van der Waals surface area contributed by atoms with Crippen LogP contribution in [0.3, 0.4) is 0 Å². The second-order valence-corrected chi connectivity index (χ2v) is 7.32. The van der Waals surface area contributed by atoms with E-state index in [1.807, 2.05) is 26.0 Å². The highest BCUT2D eigenvalue weighted by atomic mass is 35.5. The van der Waals surface area contributed by atoms with E-state index in [0.717, 1.165) is 15.9 Å². The van der Waals surface area contributed by atoms with E-state index in [-0.39, 0.29) is 5.91 Å². The van der Waals surface area contributed by atoms with Crippen LogP contribution in [-0.2, 0) is 0 Å². The number of fused-ring (bicyclic) bond motifs is 1. The van der Waals surface area contributed by atoms with Gasteiger partial charge in [0.15, 0.2) is 0 Å². The third-order valence-corrected chi connectivity index (χ3v) is 4.67. The lowest BCUT2D eigenvalue weighted by molar-refractivity contribution is 0.102. The molecule has 8 heteroatoms. The number of amides is 1. The highest BCUT2D eigenvalue weighted by Gasteiger charge is 2.12. The van der Waals surface area contributed by atoms with Gasteiger partial charge in [0, 0.05) is 16.4 Å².